The Bertz CT molecular complexity index is 728. The Kier molecular flexibility index (Phi) is 3.27. The summed E-state index contributed by atoms with van der Waals surface area (Å²) in [5.74, 6) is 2.05. The van der Waals surface area contributed by atoms with Crippen LogP contribution in [0.25, 0.3) is 11.5 Å². The first kappa shape index (κ1) is 12.9. The zero-order chi connectivity index (χ0) is 14.1. The van der Waals surface area contributed by atoms with Crippen LogP contribution in [0, 0.1) is 20.8 Å². The number of rotatable bonds is 4. The molecule has 3 heterocycles. The van der Waals surface area contributed by atoms with Crippen LogP contribution in [-0.2, 0) is 6.54 Å². The van der Waals surface area contributed by atoms with Crippen molar-refractivity contribution in [3.8, 4) is 11.5 Å². The van der Waals surface area contributed by atoms with Gasteiger partial charge in [0.05, 0.1) is 12.1 Å². The second kappa shape index (κ2) is 5.09. The SMILES string of the molecule is Cc1csc(CNc2nnc(-c3cc(C)oc3C)o2)n1. The van der Waals surface area contributed by atoms with Crippen LogP contribution in [0.15, 0.2) is 20.3 Å². The number of nitrogens with one attached hydrogen (secondary N) is 1. The van der Waals surface area contributed by atoms with Crippen LogP contribution in [0.5, 0.6) is 0 Å². The molecule has 3 aromatic heterocycles. The summed E-state index contributed by atoms with van der Waals surface area (Å²) in [6.07, 6.45) is 0. The predicted octanol–water partition coefficient (Wildman–Crippen LogP) is 3.32. The van der Waals surface area contributed by atoms with Gasteiger partial charge in [-0.05, 0) is 26.8 Å². The molecule has 0 aromatic carbocycles. The monoisotopic (exact) mass is 290 g/mol. The molecule has 0 radical (unpaired) electrons. The van der Waals surface area contributed by atoms with Crippen molar-refractivity contribution in [3.63, 3.8) is 0 Å². The number of aromatic nitrogens is 3. The maximum atomic E-state index is 5.58. The van der Waals surface area contributed by atoms with Crippen molar-refractivity contribution in [2.24, 2.45) is 0 Å². The molecule has 0 atom stereocenters. The molecule has 0 unspecified atom stereocenters. The Labute approximate surface area is 119 Å². The fourth-order valence-corrected chi connectivity index (χ4v) is 2.59. The number of hydrogen-bond donors (Lipinski definition) is 1. The summed E-state index contributed by atoms with van der Waals surface area (Å²) >= 11 is 1.60. The third kappa shape index (κ3) is 2.57. The van der Waals surface area contributed by atoms with Gasteiger partial charge in [0.1, 0.15) is 16.5 Å². The van der Waals surface area contributed by atoms with E-state index in [2.05, 4.69) is 20.5 Å². The van der Waals surface area contributed by atoms with Crippen molar-refractivity contribution in [3.05, 3.63) is 33.7 Å². The van der Waals surface area contributed by atoms with Crippen LogP contribution in [0.2, 0.25) is 0 Å². The number of furan rings is 1. The van der Waals surface area contributed by atoms with E-state index in [-0.39, 0.29) is 0 Å². The summed E-state index contributed by atoms with van der Waals surface area (Å²) in [5.41, 5.74) is 1.84. The Morgan fingerprint density at radius 1 is 1.20 bits per heavy atom. The molecule has 20 heavy (non-hydrogen) atoms. The molecular weight excluding hydrogens is 276 g/mol. The number of aryl methyl sites for hydroxylation is 3. The normalized spacial score (nSPS) is 10.9. The van der Waals surface area contributed by atoms with Gasteiger partial charge in [-0.1, -0.05) is 5.10 Å². The molecule has 0 aliphatic heterocycles. The van der Waals surface area contributed by atoms with Gasteiger partial charge in [-0.15, -0.1) is 16.4 Å². The summed E-state index contributed by atoms with van der Waals surface area (Å²) < 4.78 is 11.0. The molecule has 0 fully saturated rings. The fourth-order valence-electron chi connectivity index (χ4n) is 1.88. The van der Waals surface area contributed by atoms with Crippen molar-refractivity contribution in [1.82, 2.24) is 15.2 Å². The minimum Gasteiger partial charge on any atom is -0.466 e. The average molecular weight is 290 g/mol. The van der Waals surface area contributed by atoms with Crippen molar-refractivity contribution < 1.29 is 8.83 Å². The van der Waals surface area contributed by atoms with E-state index in [1.54, 1.807) is 11.3 Å². The van der Waals surface area contributed by atoms with Gasteiger partial charge >= 0.3 is 6.01 Å². The van der Waals surface area contributed by atoms with Gasteiger partial charge in [0.15, 0.2) is 0 Å². The lowest BCUT2D eigenvalue weighted by atomic mass is 10.2. The third-order valence-electron chi connectivity index (χ3n) is 2.75. The summed E-state index contributed by atoms with van der Waals surface area (Å²) in [6, 6.07) is 2.27. The van der Waals surface area contributed by atoms with Crippen LogP contribution in [0.1, 0.15) is 22.2 Å². The van der Waals surface area contributed by atoms with Crippen LogP contribution >= 0.6 is 11.3 Å². The quantitative estimate of drug-likeness (QED) is 0.794. The Balaban J connectivity index is 1.72. The molecule has 6 nitrogen and oxygen atoms in total. The highest BCUT2D eigenvalue weighted by Gasteiger charge is 2.14. The number of hydrogen-bond acceptors (Lipinski definition) is 7. The largest absolute Gasteiger partial charge is 0.466 e. The van der Waals surface area contributed by atoms with Crippen molar-refractivity contribution in [1.29, 1.82) is 0 Å². The third-order valence-corrected chi connectivity index (χ3v) is 3.72. The van der Waals surface area contributed by atoms with Crippen LogP contribution in [0.4, 0.5) is 6.01 Å². The molecule has 0 saturated carbocycles. The maximum Gasteiger partial charge on any atom is 0.316 e. The molecule has 3 rings (SSSR count). The van der Waals surface area contributed by atoms with E-state index < -0.39 is 0 Å². The molecule has 0 spiro atoms. The van der Waals surface area contributed by atoms with Gasteiger partial charge in [0.2, 0.25) is 0 Å². The Hall–Kier alpha value is -2.15. The van der Waals surface area contributed by atoms with E-state index >= 15 is 0 Å². The molecule has 1 N–H and O–H groups in total. The van der Waals surface area contributed by atoms with E-state index in [0.717, 1.165) is 27.8 Å². The number of anilines is 1. The van der Waals surface area contributed by atoms with Gasteiger partial charge in [-0.25, -0.2) is 4.98 Å². The molecule has 7 heteroatoms. The van der Waals surface area contributed by atoms with E-state index in [0.29, 0.717) is 18.5 Å². The molecular formula is C13H14N4O2S. The smallest absolute Gasteiger partial charge is 0.316 e. The standard InChI is InChI=1S/C13H14N4O2S/c1-7-6-20-11(15-7)5-14-13-17-16-12(19-13)10-4-8(2)18-9(10)3/h4,6H,5H2,1-3H3,(H,14,17). The minimum atomic E-state index is 0.381. The van der Waals surface area contributed by atoms with Crippen LogP contribution < -0.4 is 5.32 Å². The topological polar surface area (TPSA) is 77.0 Å². The lowest BCUT2D eigenvalue weighted by Gasteiger charge is -1.96. The summed E-state index contributed by atoms with van der Waals surface area (Å²) in [5, 5.41) is 14.1. The molecule has 3 aromatic rings. The highest BCUT2D eigenvalue weighted by atomic mass is 32.1. The number of thiazole rings is 1. The zero-order valence-electron chi connectivity index (χ0n) is 11.4. The zero-order valence-corrected chi connectivity index (χ0v) is 12.2. The predicted molar refractivity (Wildman–Crippen MR) is 75.7 cm³/mol. The highest BCUT2D eigenvalue weighted by molar-refractivity contribution is 7.09. The van der Waals surface area contributed by atoms with Gasteiger partial charge in [0, 0.05) is 11.1 Å². The second-order valence-corrected chi connectivity index (χ2v) is 5.42. The lowest BCUT2D eigenvalue weighted by Crippen LogP contribution is -1.98. The molecule has 104 valence electrons. The lowest BCUT2D eigenvalue weighted by molar-refractivity contribution is 0.503. The van der Waals surface area contributed by atoms with Gasteiger partial charge in [0.25, 0.3) is 5.89 Å². The van der Waals surface area contributed by atoms with Gasteiger partial charge in [-0.2, -0.15) is 0 Å². The van der Waals surface area contributed by atoms with E-state index in [9.17, 15) is 0 Å². The van der Waals surface area contributed by atoms with Crippen molar-refractivity contribution >= 4 is 17.4 Å². The average Bonchev–Trinajstić information content (AvgIpc) is 3.08. The fraction of sp³-hybridized carbons (Fsp3) is 0.308. The van der Waals surface area contributed by atoms with Crippen molar-refractivity contribution in [2.75, 3.05) is 5.32 Å². The summed E-state index contributed by atoms with van der Waals surface area (Å²) in [4.78, 5) is 4.36. The molecule has 0 saturated heterocycles. The summed E-state index contributed by atoms with van der Waals surface area (Å²) in [6.45, 7) is 6.30. The van der Waals surface area contributed by atoms with E-state index in [1.807, 2.05) is 32.2 Å². The number of nitrogens with zero attached hydrogens (tertiary/aromatic N) is 3. The molecule has 0 aliphatic rings. The first-order valence-electron chi connectivity index (χ1n) is 6.17. The molecule has 0 bridgehead atoms. The first-order chi connectivity index (χ1) is 9.61. The Morgan fingerprint density at radius 3 is 2.70 bits per heavy atom. The van der Waals surface area contributed by atoms with Crippen molar-refractivity contribution in [2.45, 2.75) is 27.3 Å². The first-order valence-corrected chi connectivity index (χ1v) is 7.05. The highest BCUT2D eigenvalue weighted by Crippen LogP contribution is 2.26. The minimum absolute atomic E-state index is 0.381. The van der Waals surface area contributed by atoms with Gasteiger partial charge < -0.3 is 14.2 Å². The van der Waals surface area contributed by atoms with Crippen LogP contribution in [0.3, 0.4) is 0 Å². The van der Waals surface area contributed by atoms with E-state index in [1.165, 1.54) is 0 Å². The van der Waals surface area contributed by atoms with E-state index in [4.69, 9.17) is 8.83 Å². The van der Waals surface area contributed by atoms with Gasteiger partial charge in [-0.3, -0.25) is 0 Å². The molecule has 0 aliphatic carbocycles. The molecule has 0 amide bonds. The second-order valence-electron chi connectivity index (χ2n) is 4.48. The maximum absolute atomic E-state index is 5.58. The summed E-state index contributed by atoms with van der Waals surface area (Å²) in [7, 11) is 0. The van der Waals surface area contributed by atoms with Crippen LogP contribution in [-0.4, -0.2) is 15.2 Å². The Morgan fingerprint density at radius 2 is 2.05 bits per heavy atom.